The van der Waals surface area contributed by atoms with Crippen LogP contribution in [0.4, 0.5) is 5.69 Å². The molecular weight excluding hydrogens is 314 g/mol. The third-order valence-electron chi connectivity index (χ3n) is 3.38. The first-order valence-electron chi connectivity index (χ1n) is 7.00. The van der Waals surface area contributed by atoms with Gasteiger partial charge in [-0.25, -0.2) is 9.78 Å². The summed E-state index contributed by atoms with van der Waals surface area (Å²) in [4.78, 5) is 25.8. The van der Waals surface area contributed by atoms with E-state index < -0.39 is 10.9 Å². The summed E-state index contributed by atoms with van der Waals surface area (Å²) in [5, 5.41) is 10.8. The van der Waals surface area contributed by atoms with Crippen molar-refractivity contribution in [2.75, 3.05) is 13.7 Å². The van der Waals surface area contributed by atoms with Crippen LogP contribution in [0.3, 0.4) is 0 Å². The molecule has 8 heteroatoms. The van der Waals surface area contributed by atoms with Gasteiger partial charge in [-0.15, -0.1) is 0 Å². The lowest BCUT2D eigenvalue weighted by Gasteiger charge is -2.05. The number of methoxy groups -OCH3 is 1. The first kappa shape index (κ1) is 15.5. The largest absolute Gasteiger partial charge is 0.482 e. The molecule has 0 aliphatic carbocycles. The molecule has 0 atom stereocenters. The van der Waals surface area contributed by atoms with Crippen molar-refractivity contribution in [2.24, 2.45) is 0 Å². The van der Waals surface area contributed by atoms with Crippen molar-refractivity contribution in [3.05, 3.63) is 58.9 Å². The highest BCUT2D eigenvalue weighted by Crippen LogP contribution is 2.23. The number of fused-ring (bicyclic) bond motifs is 1. The van der Waals surface area contributed by atoms with Gasteiger partial charge in [-0.05, 0) is 30.3 Å². The number of benzene rings is 1. The van der Waals surface area contributed by atoms with Gasteiger partial charge in [0.15, 0.2) is 6.61 Å². The molecule has 122 valence electrons. The second-order valence-electron chi connectivity index (χ2n) is 4.93. The van der Waals surface area contributed by atoms with Gasteiger partial charge in [0.25, 0.3) is 5.69 Å². The molecule has 0 spiro atoms. The number of aromatic nitrogens is 2. The van der Waals surface area contributed by atoms with Crippen molar-refractivity contribution < 1.29 is 19.2 Å². The van der Waals surface area contributed by atoms with Crippen molar-refractivity contribution in [1.29, 1.82) is 0 Å². The molecule has 2 heterocycles. The summed E-state index contributed by atoms with van der Waals surface area (Å²) in [6, 6.07) is 10.0. The maximum absolute atomic E-state index is 11.0. The monoisotopic (exact) mass is 327 g/mol. The molecule has 0 saturated heterocycles. The van der Waals surface area contributed by atoms with E-state index in [2.05, 4.69) is 9.72 Å². The average molecular weight is 327 g/mol. The van der Waals surface area contributed by atoms with Gasteiger partial charge < -0.3 is 9.47 Å². The van der Waals surface area contributed by atoms with Gasteiger partial charge in [-0.3, -0.25) is 14.5 Å². The van der Waals surface area contributed by atoms with E-state index in [1.54, 1.807) is 40.9 Å². The molecule has 0 aliphatic rings. The van der Waals surface area contributed by atoms with Gasteiger partial charge in [0, 0.05) is 17.8 Å². The average Bonchev–Trinajstić information content (AvgIpc) is 3.03. The molecule has 3 aromatic rings. The highest BCUT2D eigenvalue weighted by atomic mass is 16.6. The quantitative estimate of drug-likeness (QED) is 0.406. The van der Waals surface area contributed by atoms with Crippen molar-refractivity contribution in [2.45, 2.75) is 0 Å². The number of carbonyl (C=O) groups excluding carboxylic acids is 1. The Morgan fingerprint density at radius 1 is 1.21 bits per heavy atom. The van der Waals surface area contributed by atoms with Gasteiger partial charge >= 0.3 is 5.97 Å². The molecule has 0 unspecified atom stereocenters. The van der Waals surface area contributed by atoms with Crippen LogP contribution in [0.5, 0.6) is 5.75 Å². The van der Waals surface area contributed by atoms with E-state index in [0.717, 1.165) is 5.56 Å². The molecule has 0 fully saturated rings. The van der Waals surface area contributed by atoms with E-state index in [4.69, 9.17) is 4.74 Å². The Hall–Kier alpha value is -3.42. The molecule has 0 amide bonds. The highest BCUT2D eigenvalue weighted by Gasteiger charge is 2.10. The minimum absolute atomic E-state index is 0.00184. The highest BCUT2D eigenvalue weighted by molar-refractivity contribution is 5.71. The van der Waals surface area contributed by atoms with Crippen LogP contribution in [0, 0.1) is 10.1 Å². The molecule has 2 aromatic heterocycles. The number of nitrogens with zero attached hydrogens (tertiary/aromatic N) is 3. The van der Waals surface area contributed by atoms with E-state index in [-0.39, 0.29) is 12.3 Å². The Morgan fingerprint density at radius 3 is 2.62 bits per heavy atom. The number of esters is 1. The Kier molecular flexibility index (Phi) is 4.11. The maximum Gasteiger partial charge on any atom is 0.343 e. The molecule has 0 aliphatic heterocycles. The predicted molar refractivity (Wildman–Crippen MR) is 84.8 cm³/mol. The van der Waals surface area contributed by atoms with E-state index in [1.165, 1.54) is 19.4 Å². The normalized spacial score (nSPS) is 10.5. The van der Waals surface area contributed by atoms with Crippen LogP contribution in [0.2, 0.25) is 0 Å². The fourth-order valence-corrected chi connectivity index (χ4v) is 2.15. The smallest absolute Gasteiger partial charge is 0.343 e. The Labute approximate surface area is 136 Å². The molecular formula is C16H13N3O5. The molecule has 24 heavy (non-hydrogen) atoms. The van der Waals surface area contributed by atoms with E-state index in [0.29, 0.717) is 17.1 Å². The van der Waals surface area contributed by atoms with Gasteiger partial charge in [0.1, 0.15) is 11.4 Å². The third kappa shape index (κ3) is 3.17. The number of hydrogen-bond donors (Lipinski definition) is 0. The Bertz CT molecular complexity index is 902. The number of hydrogen-bond acceptors (Lipinski definition) is 6. The lowest BCUT2D eigenvalue weighted by atomic mass is 10.2. The predicted octanol–water partition coefficient (Wildman–Crippen LogP) is 2.46. The van der Waals surface area contributed by atoms with Crippen molar-refractivity contribution in [1.82, 2.24) is 9.38 Å². The minimum atomic E-state index is -0.457. The zero-order valence-corrected chi connectivity index (χ0v) is 12.7. The Morgan fingerprint density at radius 2 is 1.96 bits per heavy atom. The van der Waals surface area contributed by atoms with Gasteiger partial charge in [-0.1, -0.05) is 0 Å². The minimum Gasteiger partial charge on any atom is -0.482 e. The number of pyridine rings is 1. The summed E-state index contributed by atoms with van der Waals surface area (Å²) in [6.45, 7) is -0.159. The second kappa shape index (κ2) is 6.37. The van der Waals surface area contributed by atoms with E-state index in [9.17, 15) is 14.9 Å². The number of nitro groups is 1. The molecule has 8 nitrogen and oxygen atoms in total. The van der Waals surface area contributed by atoms with Crippen LogP contribution in [0.1, 0.15) is 0 Å². The molecule has 0 radical (unpaired) electrons. The molecule has 0 bridgehead atoms. The van der Waals surface area contributed by atoms with Crippen LogP contribution < -0.4 is 4.74 Å². The van der Waals surface area contributed by atoms with Crippen LogP contribution in [-0.4, -0.2) is 34.0 Å². The number of imidazole rings is 1. The van der Waals surface area contributed by atoms with Crippen LogP contribution in [0.25, 0.3) is 16.9 Å². The fourth-order valence-electron chi connectivity index (χ4n) is 2.15. The first-order chi connectivity index (χ1) is 11.6. The van der Waals surface area contributed by atoms with Crippen molar-refractivity contribution in [3.63, 3.8) is 0 Å². The maximum atomic E-state index is 11.0. The van der Waals surface area contributed by atoms with E-state index in [1.807, 2.05) is 0 Å². The summed E-state index contributed by atoms with van der Waals surface area (Å²) in [5.74, 6) is 0.0737. The fraction of sp³-hybridized carbons (Fsp3) is 0.125. The topological polar surface area (TPSA) is 96.0 Å². The second-order valence-corrected chi connectivity index (χ2v) is 4.93. The SMILES string of the molecule is COC(=O)COc1ccc(-c2cn3cc([N+](=O)[O-])ccc3n2)cc1. The summed E-state index contributed by atoms with van der Waals surface area (Å²) in [5.41, 5.74) is 2.11. The van der Waals surface area contributed by atoms with Crippen LogP contribution >= 0.6 is 0 Å². The lowest BCUT2D eigenvalue weighted by molar-refractivity contribution is -0.385. The molecule has 1 aromatic carbocycles. The molecule has 0 N–H and O–H groups in total. The van der Waals surface area contributed by atoms with Crippen LogP contribution in [-0.2, 0) is 9.53 Å². The zero-order chi connectivity index (χ0) is 17.1. The number of ether oxygens (including phenoxy) is 2. The van der Waals surface area contributed by atoms with Gasteiger partial charge in [-0.2, -0.15) is 0 Å². The number of rotatable bonds is 5. The third-order valence-corrected chi connectivity index (χ3v) is 3.38. The first-order valence-corrected chi connectivity index (χ1v) is 7.00. The molecule has 0 saturated carbocycles. The number of carbonyl (C=O) groups is 1. The van der Waals surface area contributed by atoms with Gasteiger partial charge in [0.2, 0.25) is 0 Å². The standard InChI is InChI=1S/C16H13N3O5/c1-23-16(20)10-24-13-5-2-11(3-6-13)14-9-18-8-12(19(21)22)4-7-15(18)17-14/h2-9H,10H2,1H3. The van der Waals surface area contributed by atoms with Crippen molar-refractivity contribution in [3.8, 4) is 17.0 Å². The van der Waals surface area contributed by atoms with Crippen LogP contribution in [0.15, 0.2) is 48.8 Å². The lowest BCUT2D eigenvalue weighted by Crippen LogP contribution is -2.12. The summed E-state index contributed by atoms with van der Waals surface area (Å²) < 4.78 is 11.4. The summed E-state index contributed by atoms with van der Waals surface area (Å²) in [7, 11) is 1.29. The summed E-state index contributed by atoms with van der Waals surface area (Å²) in [6.07, 6.45) is 3.13. The van der Waals surface area contributed by atoms with E-state index >= 15 is 0 Å². The Balaban J connectivity index is 1.82. The zero-order valence-electron chi connectivity index (χ0n) is 12.7. The van der Waals surface area contributed by atoms with Crippen molar-refractivity contribution >= 4 is 17.3 Å². The van der Waals surface area contributed by atoms with Gasteiger partial charge in [0.05, 0.1) is 23.9 Å². The molecule has 3 rings (SSSR count). The summed E-state index contributed by atoms with van der Waals surface area (Å²) >= 11 is 0.